The number of hydrogen-bond donors (Lipinski definition) is 0. The third-order valence-electron chi connectivity index (χ3n) is 5.24. The van der Waals surface area contributed by atoms with Crippen molar-refractivity contribution in [3.8, 4) is 22.3 Å². The molecule has 0 saturated heterocycles. The molecule has 2 aromatic carbocycles. The standard InChI is InChI=1S/C20H15BrO2S2/c21-19-10-17-14-6-3-5-13-15(14)9-8-12(20(17)24-19)11-25(22,23)18-7-2-1-4-16(13)18/h1-7,10,12H,8-9,11H2. The summed E-state index contributed by atoms with van der Waals surface area (Å²) in [6.45, 7) is 0. The number of fused-ring (bicyclic) bond motifs is 7. The number of rotatable bonds is 0. The predicted octanol–water partition coefficient (Wildman–Crippen LogP) is 5.66. The van der Waals surface area contributed by atoms with Gasteiger partial charge in [-0.15, -0.1) is 11.3 Å². The summed E-state index contributed by atoms with van der Waals surface area (Å²) in [6.07, 6.45) is 1.79. The molecule has 1 unspecified atom stereocenters. The highest BCUT2D eigenvalue weighted by atomic mass is 79.9. The van der Waals surface area contributed by atoms with Crippen molar-refractivity contribution in [1.82, 2.24) is 0 Å². The van der Waals surface area contributed by atoms with Crippen molar-refractivity contribution in [2.45, 2.75) is 23.7 Å². The molecule has 5 heteroatoms. The maximum Gasteiger partial charge on any atom is 0.179 e. The molecule has 0 radical (unpaired) electrons. The van der Waals surface area contributed by atoms with Crippen LogP contribution in [0.15, 0.2) is 57.2 Å². The van der Waals surface area contributed by atoms with Crippen LogP contribution in [0, 0.1) is 0 Å². The molecule has 25 heavy (non-hydrogen) atoms. The van der Waals surface area contributed by atoms with Gasteiger partial charge in [-0.05, 0) is 63.2 Å². The Morgan fingerprint density at radius 1 is 0.960 bits per heavy atom. The van der Waals surface area contributed by atoms with Gasteiger partial charge in [0.1, 0.15) is 0 Å². The first-order valence-electron chi connectivity index (χ1n) is 8.28. The lowest BCUT2D eigenvalue weighted by Crippen LogP contribution is -2.15. The molecule has 1 aliphatic heterocycles. The lowest BCUT2D eigenvalue weighted by atomic mass is 9.91. The molecule has 2 nitrogen and oxygen atoms in total. The molecule has 2 aliphatic rings. The average Bonchev–Trinajstić information content (AvgIpc) is 2.95. The van der Waals surface area contributed by atoms with E-state index in [1.54, 1.807) is 17.4 Å². The van der Waals surface area contributed by atoms with E-state index in [0.29, 0.717) is 4.90 Å². The Hall–Kier alpha value is -1.43. The summed E-state index contributed by atoms with van der Waals surface area (Å²) < 4.78 is 27.5. The van der Waals surface area contributed by atoms with Gasteiger partial charge in [0.25, 0.3) is 0 Å². The molecule has 3 aromatic rings. The van der Waals surface area contributed by atoms with Crippen molar-refractivity contribution in [3.63, 3.8) is 0 Å². The van der Waals surface area contributed by atoms with Crippen molar-refractivity contribution in [1.29, 1.82) is 0 Å². The third kappa shape index (κ3) is 2.36. The van der Waals surface area contributed by atoms with E-state index in [0.717, 1.165) is 27.8 Å². The molecule has 5 rings (SSSR count). The fourth-order valence-electron chi connectivity index (χ4n) is 4.17. The van der Waals surface area contributed by atoms with Crippen LogP contribution in [0.2, 0.25) is 0 Å². The highest BCUT2D eigenvalue weighted by Gasteiger charge is 2.33. The fraction of sp³-hybridized carbons (Fsp3) is 0.200. The van der Waals surface area contributed by atoms with Gasteiger partial charge in [0.15, 0.2) is 9.84 Å². The summed E-state index contributed by atoms with van der Waals surface area (Å²) in [5.74, 6) is 0.226. The first-order valence-corrected chi connectivity index (χ1v) is 11.5. The van der Waals surface area contributed by atoms with Crippen LogP contribution in [0.25, 0.3) is 22.3 Å². The summed E-state index contributed by atoms with van der Waals surface area (Å²) in [7, 11) is -3.34. The van der Waals surface area contributed by atoms with Gasteiger partial charge in [0.2, 0.25) is 0 Å². The van der Waals surface area contributed by atoms with Gasteiger partial charge in [-0.1, -0.05) is 36.4 Å². The molecular formula is C20H15BrO2S2. The first-order chi connectivity index (χ1) is 12.0. The van der Waals surface area contributed by atoms with Gasteiger partial charge in [0, 0.05) is 16.4 Å². The zero-order chi connectivity index (χ0) is 17.2. The molecular weight excluding hydrogens is 416 g/mol. The largest absolute Gasteiger partial charge is 0.224 e. The minimum absolute atomic E-state index is 0.0442. The lowest BCUT2D eigenvalue weighted by Gasteiger charge is -2.18. The zero-order valence-corrected chi connectivity index (χ0v) is 16.5. The van der Waals surface area contributed by atoms with Crippen LogP contribution >= 0.6 is 27.3 Å². The normalized spacial score (nSPS) is 20.0. The molecule has 0 spiro atoms. The fourth-order valence-corrected chi connectivity index (χ4v) is 7.91. The van der Waals surface area contributed by atoms with Crippen LogP contribution in [-0.2, 0) is 16.3 Å². The Kier molecular flexibility index (Phi) is 3.50. The summed E-state index contributed by atoms with van der Waals surface area (Å²) in [5.41, 5.74) is 5.64. The molecule has 0 amide bonds. The molecule has 0 N–H and O–H groups in total. The van der Waals surface area contributed by atoms with Crippen molar-refractivity contribution in [2.24, 2.45) is 0 Å². The molecule has 0 saturated carbocycles. The average molecular weight is 431 g/mol. The van der Waals surface area contributed by atoms with Crippen LogP contribution in [0.4, 0.5) is 0 Å². The van der Waals surface area contributed by atoms with E-state index in [9.17, 15) is 8.42 Å². The van der Waals surface area contributed by atoms with Gasteiger partial charge in [-0.2, -0.15) is 0 Å². The molecule has 2 bridgehead atoms. The van der Waals surface area contributed by atoms with Crippen molar-refractivity contribution in [3.05, 3.63) is 62.8 Å². The van der Waals surface area contributed by atoms with Crippen LogP contribution in [0.5, 0.6) is 0 Å². The Morgan fingerprint density at radius 2 is 1.68 bits per heavy atom. The summed E-state index contributed by atoms with van der Waals surface area (Å²) in [5, 5.41) is 0. The molecule has 1 aliphatic carbocycles. The Morgan fingerprint density at radius 3 is 2.52 bits per heavy atom. The highest BCUT2D eigenvalue weighted by molar-refractivity contribution is 9.11. The van der Waals surface area contributed by atoms with Crippen LogP contribution in [-0.4, -0.2) is 14.2 Å². The summed E-state index contributed by atoms with van der Waals surface area (Å²) in [4.78, 5) is 1.67. The number of sulfone groups is 1. The number of halogens is 1. The number of hydrogen-bond acceptors (Lipinski definition) is 3. The molecule has 0 fully saturated rings. The molecule has 126 valence electrons. The van der Waals surface area contributed by atoms with Gasteiger partial charge in [-0.25, -0.2) is 8.42 Å². The van der Waals surface area contributed by atoms with Crippen LogP contribution < -0.4 is 0 Å². The van der Waals surface area contributed by atoms with Crippen LogP contribution in [0.1, 0.15) is 22.8 Å². The lowest BCUT2D eigenvalue weighted by molar-refractivity contribution is 0.584. The van der Waals surface area contributed by atoms with Gasteiger partial charge >= 0.3 is 0 Å². The second-order valence-electron chi connectivity index (χ2n) is 6.67. The van der Waals surface area contributed by atoms with E-state index in [1.807, 2.05) is 18.2 Å². The zero-order valence-electron chi connectivity index (χ0n) is 13.3. The van der Waals surface area contributed by atoms with E-state index in [1.165, 1.54) is 21.6 Å². The summed E-state index contributed by atoms with van der Waals surface area (Å²) >= 11 is 5.29. The smallest absolute Gasteiger partial charge is 0.179 e. The minimum atomic E-state index is -3.34. The van der Waals surface area contributed by atoms with Crippen molar-refractivity contribution in [2.75, 3.05) is 5.75 Å². The van der Waals surface area contributed by atoms with Crippen molar-refractivity contribution < 1.29 is 8.42 Å². The van der Waals surface area contributed by atoms with Crippen molar-refractivity contribution >= 4 is 37.1 Å². The maximum absolute atomic E-state index is 13.2. The van der Waals surface area contributed by atoms with Gasteiger partial charge in [-0.3, -0.25) is 0 Å². The first kappa shape index (κ1) is 15.8. The van der Waals surface area contributed by atoms with E-state index in [-0.39, 0.29) is 11.7 Å². The van der Waals surface area contributed by atoms with E-state index in [4.69, 9.17) is 0 Å². The monoisotopic (exact) mass is 430 g/mol. The van der Waals surface area contributed by atoms with E-state index in [2.05, 4.69) is 40.2 Å². The minimum Gasteiger partial charge on any atom is -0.224 e. The number of benzene rings is 2. The molecule has 1 aromatic heterocycles. The topological polar surface area (TPSA) is 34.1 Å². The maximum atomic E-state index is 13.2. The Labute approximate surface area is 159 Å². The quantitative estimate of drug-likeness (QED) is 0.460. The molecule has 2 heterocycles. The van der Waals surface area contributed by atoms with E-state index < -0.39 is 9.84 Å². The van der Waals surface area contributed by atoms with E-state index >= 15 is 0 Å². The predicted molar refractivity (Wildman–Crippen MR) is 106 cm³/mol. The summed E-state index contributed by atoms with van der Waals surface area (Å²) in [6, 6.07) is 15.9. The molecule has 1 atom stereocenters. The Bertz CT molecular complexity index is 1110. The number of thiophene rings is 1. The Balaban J connectivity index is 1.95. The van der Waals surface area contributed by atoms with Gasteiger partial charge in [0.05, 0.1) is 14.4 Å². The highest BCUT2D eigenvalue weighted by Crippen LogP contribution is 2.49. The second-order valence-corrected chi connectivity index (χ2v) is 11.1. The van der Waals surface area contributed by atoms with Gasteiger partial charge < -0.3 is 0 Å². The third-order valence-corrected chi connectivity index (χ3v) is 8.91. The SMILES string of the molecule is O=S1(=O)CC2CCc3c(cccc3-c3cc(Br)sc32)-c2ccccc21. The second kappa shape index (κ2) is 5.53. The van der Waals surface area contributed by atoms with Crippen LogP contribution in [0.3, 0.4) is 0 Å².